The molecule has 0 aromatic heterocycles. The molecular formula is C5H8N2O3. The molecule has 5 heteroatoms. The van der Waals surface area contributed by atoms with Gasteiger partial charge in [0.1, 0.15) is 5.71 Å². The summed E-state index contributed by atoms with van der Waals surface area (Å²) >= 11 is 0. The van der Waals surface area contributed by atoms with Crippen LogP contribution in [0.25, 0.3) is 0 Å². The van der Waals surface area contributed by atoms with Crippen molar-refractivity contribution in [1.82, 2.24) is 0 Å². The van der Waals surface area contributed by atoms with Crippen molar-refractivity contribution in [3.05, 3.63) is 0 Å². The maximum atomic E-state index is 10.3. The van der Waals surface area contributed by atoms with Crippen LogP contribution in [0.15, 0.2) is 4.99 Å². The first-order chi connectivity index (χ1) is 4.57. The Morgan fingerprint density at radius 1 is 1.60 bits per heavy atom. The standard InChI is InChI=1S/C5H8N2O3/c1-7-3(5(6)10)2-4(8)9/h2H2,1H3,(H2,6,10)(H,8,9). The van der Waals surface area contributed by atoms with Gasteiger partial charge in [0.25, 0.3) is 5.91 Å². The van der Waals surface area contributed by atoms with Crippen LogP contribution >= 0.6 is 0 Å². The number of hydrogen-bond acceptors (Lipinski definition) is 3. The number of hydrogen-bond donors (Lipinski definition) is 2. The molecule has 1 amide bonds. The third kappa shape index (κ3) is 2.81. The van der Waals surface area contributed by atoms with E-state index in [1.165, 1.54) is 7.05 Å². The Morgan fingerprint density at radius 2 is 2.10 bits per heavy atom. The number of carboxylic acid groups (broad SMARTS) is 1. The van der Waals surface area contributed by atoms with Crippen LogP contribution in [0.4, 0.5) is 0 Å². The molecule has 0 radical (unpaired) electrons. The monoisotopic (exact) mass is 144 g/mol. The van der Waals surface area contributed by atoms with Crippen molar-refractivity contribution in [3.8, 4) is 0 Å². The van der Waals surface area contributed by atoms with Gasteiger partial charge in [-0.3, -0.25) is 14.6 Å². The number of carboxylic acids is 1. The number of aliphatic imine (C=N–C) groups is 1. The lowest BCUT2D eigenvalue weighted by atomic mass is 10.2. The van der Waals surface area contributed by atoms with E-state index in [9.17, 15) is 9.59 Å². The van der Waals surface area contributed by atoms with Gasteiger partial charge in [-0.15, -0.1) is 0 Å². The Bertz CT molecular complexity index is 185. The summed E-state index contributed by atoms with van der Waals surface area (Å²) in [5.74, 6) is -1.90. The smallest absolute Gasteiger partial charge is 0.309 e. The Labute approximate surface area is 57.6 Å². The number of nitrogens with zero attached hydrogens (tertiary/aromatic N) is 1. The fraction of sp³-hybridized carbons (Fsp3) is 0.400. The van der Waals surface area contributed by atoms with E-state index < -0.39 is 18.3 Å². The van der Waals surface area contributed by atoms with Gasteiger partial charge in [-0.25, -0.2) is 0 Å². The first-order valence-electron chi connectivity index (χ1n) is 2.55. The number of amides is 1. The molecule has 3 N–H and O–H groups in total. The van der Waals surface area contributed by atoms with Crippen molar-refractivity contribution in [1.29, 1.82) is 0 Å². The third-order valence-corrected chi connectivity index (χ3v) is 0.873. The van der Waals surface area contributed by atoms with Crippen LogP contribution in [0, 0.1) is 0 Å². The minimum absolute atomic E-state index is 0.118. The lowest BCUT2D eigenvalue weighted by Crippen LogP contribution is -2.25. The van der Waals surface area contributed by atoms with Crippen LogP contribution in [-0.2, 0) is 9.59 Å². The molecule has 0 aliphatic rings. The third-order valence-electron chi connectivity index (χ3n) is 0.873. The number of nitrogens with two attached hydrogens (primary N) is 1. The van der Waals surface area contributed by atoms with Crippen LogP contribution in [0.3, 0.4) is 0 Å². The second kappa shape index (κ2) is 3.60. The lowest BCUT2D eigenvalue weighted by Gasteiger charge is -1.93. The normalized spacial score (nSPS) is 11.1. The molecule has 0 aliphatic heterocycles. The van der Waals surface area contributed by atoms with E-state index in [2.05, 4.69) is 4.99 Å². The number of aliphatic carboxylic acids is 1. The highest BCUT2D eigenvalue weighted by atomic mass is 16.4. The summed E-state index contributed by atoms with van der Waals surface area (Å²) in [5.41, 5.74) is 4.64. The summed E-state index contributed by atoms with van der Waals surface area (Å²) in [6.07, 6.45) is -0.411. The van der Waals surface area contributed by atoms with Crippen molar-refractivity contribution >= 4 is 17.6 Å². The second-order valence-corrected chi connectivity index (χ2v) is 1.61. The number of carbonyl (C=O) groups excluding carboxylic acids is 1. The molecule has 5 nitrogen and oxygen atoms in total. The molecule has 10 heavy (non-hydrogen) atoms. The van der Waals surface area contributed by atoms with Gasteiger partial charge >= 0.3 is 5.97 Å². The van der Waals surface area contributed by atoms with Crippen LogP contribution in [0.2, 0.25) is 0 Å². The van der Waals surface area contributed by atoms with Gasteiger partial charge in [0.05, 0.1) is 6.42 Å². The van der Waals surface area contributed by atoms with Gasteiger partial charge in [0.2, 0.25) is 0 Å². The zero-order valence-corrected chi connectivity index (χ0v) is 5.50. The summed E-state index contributed by atoms with van der Waals surface area (Å²) in [6.45, 7) is 0. The van der Waals surface area contributed by atoms with Gasteiger partial charge in [-0.05, 0) is 0 Å². The van der Waals surface area contributed by atoms with Gasteiger partial charge < -0.3 is 10.8 Å². The molecular weight excluding hydrogens is 136 g/mol. The van der Waals surface area contributed by atoms with Crippen molar-refractivity contribution in [3.63, 3.8) is 0 Å². The van der Waals surface area contributed by atoms with Crippen molar-refractivity contribution in [2.45, 2.75) is 6.42 Å². The van der Waals surface area contributed by atoms with Crippen molar-refractivity contribution < 1.29 is 14.7 Å². The summed E-state index contributed by atoms with van der Waals surface area (Å²) in [5, 5.41) is 8.18. The maximum Gasteiger partial charge on any atom is 0.309 e. The van der Waals surface area contributed by atoms with Gasteiger partial charge in [-0.1, -0.05) is 0 Å². The number of rotatable bonds is 3. The quantitative estimate of drug-likeness (QED) is 0.498. The van der Waals surface area contributed by atoms with E-state index in [1.54, 1.807) is 0 Å². The molecule has 0 aromatic carbocycles. The number of carbonyl (C=O) groups is 2. The highest BCUT2D eigenvalue weighted by Gasteiger charge is 2.09. The SMILES string of the molecule is CN=C(CC(=O)O)C(N)=O. The molecule has 0 bridgehead atoms. The lowest BCUT2D eigenvalue weighted by molar-refractivity contribution is -0.136. The average Bonchev–Trinajstić information content (AvgIpc) is 1.81. The van der Waals surface area contributed by atoms with E-state index in [4.69, 9.17) is 10.8 Å². The fourth-order valence-electron chi connectivity index (χ4n) is 0.420. The fourth-order valence-corrected chi connectivity index (χ4v) is 0.420. The molecule has 0 rings (SSSR count). The molecule has 0 atom stereocenters. The summed E-state index contributed by atoms with van der Waals surface area (Å²) in [6, 6.07) is 0. The van der Waals surface area contributed by atoms with E-state index in [-0.39, 0.29) is 5.71 Å². The predicted molar refractivity (Wildman–Crippen MR) is 34.8 cm³/mol. The zero-order chi connectivity index (χ0) is 8.15. The van der Waals surface area contributed by atoms with E-state index in [0.29, 0.717) is 0 Å². The topological polar surface area (TPSA) is 92.8 Å². The highest BCUT2D eigenvalue weighted by Crippen LogP contribution is 1.84. The molecule has 0 aromatic rings. The Kier molecular flexibility index (Phi) is 3.10. The summed E-state index contributed by atoms with van der Waals surface area (Å²) < 4.78 is 0. The van der Waals surface area contributed by atoms with Crippen LogP contribution in [0.5, 0.6) is 0 Å². The molecule has 0 saturated carbocycles. The minimum Gasteiger partial charge on any atom is -0.481 e. The molecule has 0 heterocycles. The first-order valence-corrected chi connectivity index (χ1v) is 2.55. The molecule has 56 valence electrons. The highest BCUT2D eigenvalue weighted by molar-refractivity contribution is 6.40. The van der Waals surface area contributed by atoms with Gasteiger partial charge in [-0.2, -0.15) is 0 Å². The van der Waals surface area contributed by atoms with Crippen LogP contribution < -0.4 is 5.73 Å². The van der Waals surface area contributed by atoms with E-state index >= 15 is 0 Å². The Hall–Kier alpha value is -1.39. The van der Waals surface area contributed by atoms with Gasteiger partial charge in [0, 0.05) is 7.05 Å². The van der Waals surface area contributed by atoms with E-state index in [0.717, 1.165) is 0 Å². The maximum absolute atomic E-state index is 10.3. The second-order valence-electron chi connectivity index (χ2n) is 1.61. The molecule has 0 spiro atoms. The van der Waals surface area contributed by atoms with Crippen molar-refractivity contribution in [2.75, 3.05) is 7.05 Å². The largest absolute Gasteiger partial charge is 0.481 e. The number of primary amides is 1. The first kappa shape index (κ1) is 8.61. The molecule has 0 unspecified atom stereocenters. The van der Waals surface area contributed by atoms with Crippen molar-refractivity contribution in [2.24, 2.45) is 10.7 Å². The molecule has 0 saturated heterocycles. The van der Waals surface area contributed by atoms with Gasteiger partial charge in [0.15, 0.2) is 0 Å². The zero-order valence-electron chi connectivity index (χ0n) is 5.50. The summed E-state index contributed by atoms with van der Waals surface area (Å²) in [4.78, 5) is 23.7. The van der Waals surface area contributed by atoms with Crippen LogP contribution in [0.1, 0.15) is 6.42 Å². The van der Waals surface area contributed by atoms with E-state index in [1.807, 2.05) is 0 Å². The average molecular weight is 144 g/mol. The van der Waals surface area contributed by atoms with Crippen LogP contribution in [-0.4, -0.2) is 29.7 Å². The Balaban J connectivity index is 4.12. The summed E-state index contributed by atoms with van der Waals surface area (Å²) in [7, 11) is 1.32. The molecule has 0 fully saturated rings. The predicted octanol–water partition coefficient (Wildman–Crippen LogP) is -0.983. The molecule has 0 aliphatic carbocycles. The Morgan fingerprint density at radius 3 is 2.20 bits per heavy atom. The minimum atomic E-state index is -1.11.